The van der Waals surface area contributed by atoms with Crippen LogP contribution in [0.4, 0.5) is 0 Å². The lowest BCUT2D eigenvalue weighted by molar-refractivity contribution is -0.0580. The number of aliphatic hydroxyl groups is 1. The molecule has 0 amide bonds. The van der Waals surface area contributed by atoms with Gasteiger partial charge >= 0.3 is 0 Å². The average molecular weight is 425 g/mol. The molecule has 1 heteroatoms. The minimum Gasteiger partial charge on any atom is -0.393 e. The van der Waals surface area contributed by atoms with E-state index in [-0.39, 0.29) is 6.10 Å². The summed E-state index contributed by atoms with van der Waals surface area (Å²) in [6, 6.07) is 0. The quantitative estimate of drug-likeness (QED) is 0.454. The second kappa shape index (κ2) is 7.22. The number of fused-ring (bicyclic) bond motifs is 5. The molecule has 5 aliphatic rings. The van der Waals surface area contributed by atoms with Crippen LogP contribution in [0.5, 0.6) is 0 Å². The molecule has 1 N–H and O–H groups in total. The molecule has 0 bridgehead atoms. The first-order chi connectivity index (χ1) is 14.5. The third-order valence-corrected chi connectivity index (χ3v) is 11.9. The van der Waals surface area contributed by atoms with Crippen molar-refractivity contribution in [1.29, 1.82) is 0 Å². The number of aliphatic hydroxyl groups excluding tert-OH is 1. The van der Waals surface area contributed by atoms with E-state index in [4.69, 9.17) is 0 Å². The Kier molecular flexibility index (Phi) is 5.18. The first-order valence-corrected chi connectivity index (χ1v) is 13.6. The summed E-state index contributed by atoms with van der Waals surface area (Å²) in [5.41, 5.74) is 6.44. The van der Waals surface area contributed by atoms with E-state index in [9.17, 15) is 5.11 Å². The maximum absolute atomic E-state index is 10.3. The minimum absolute atomic E-state index is 0.0852. The molecule has 1 nitrogen and oxygen atoms in total. The smallest absolute Gasteiger partial charge is 0.0577 e. The molecule has 5 rings (SSSR count). The predicted molar refractivity (Wildman–Crippen MR) is 131 cm³/mol. The molecule has 0 spiro atoms. The molecule has 0 radical (unpaired) electrons. The van der Waals surface area contributed by atoms with Crippen LogP contribution < -0.4 is 0 Å². The average Bonchev–Trinajstić information content (AvgIpc) is 3.04. The zero-order valence-corrected chi connectivity index (χ0v) is 21.4. The zero-order valence-electron chi connectivity index (χ0n) is 21.4. The van der Waals surface area contributed by atoms with E-state index in [1.807, 2.05) is 0 Å². The Labute approximate surface area is 192 Å². The predicted octanol–water partition coefficient (Wildman–Crippen LogP) is 7.94. The van der Waals surface area contributed by atoms with Gasteiger partial charge in [-0.15, -0.1) is 0 Å². The van der Waals surface area contributed by atoms with Gasteiger partial charge in [-0.3, -0.25) is 0 Å². The van der Waals surface area contributed by atoms with Crippen molar-refractivity contribution in [3.8, 4) is 0 Å². The lowest BCUT2D eigenvalue weighted by Gasteiger charge is -2.58. The molecule has 31 heavy (non-hydrogen) atoms. The fourth-order valence-corrected chi connectivity index (χ4v) is 10.4. The third kappa shape index (κ3) is 3.11. The van der Waals surface area contributed by atoms with Crippen LogP contribution >= 0.6 is 0 Å². The summed E-state index contributed by atoms with van der Waals surface area (Å²) in [4.78, 5) is 0. The molecule has 0 aromatic rings. The van der Waals surface area contributed by atoms with Crippen LogP contribution in [0.15, 0.2) is 22.8 Å². The van der Waals surface area contributed by atoms with Crippen molar-refractivity contribution in [3.63, 3.8) is 0 Å². The Hall–Kier alpha value is -0.560. The number of rotatable bonds is 4. The van der Waals surface area contributed by atoms with Gasteiger partial charge in [0.15, 0.2) is 0 Å². The molecule has 3 saturated carbocycles. The van der Waals surface area contributed by atoms with Gasteiger partial charge in [0.2, 0.25) is 0 Å². The lowest BCUT2D eigenvalue weighted by Crippen LogP contribution is -2.50. The monoisotopic (exact) mass is 424 g/mol. The Morgan fingerprint density at radius 1 is 1.00 bits per heavy atom. The second-order valence-corrected chi connectivity index (χ2v) is 13.6. The Balaban J connectivity index is 1.34. The van der Waals surface area contributed by atoms with Crippen molar-refractivity contribution >= 4 is 0 Å². The molecule has 9 atom stereocenters. The van der Waals surface area contributed by atoms with E-state index in [0.717, 1.165) is 48.3 Å². The summed E-state index contributed by atoms with van der Waals surface area (Å²) in [5, 5.41) is 10.3. The number of hydrogen-bond donors (Lipinski definition) is 1. The number of allylic oxidation sites excluding steroid dienone is 3. The Morgan fingerprint density at radius 3 is 2.42 bits per heavy atom. The molecule has 0 aromatic carbocycles. The summed E-state index contributed by atoms with van der Waals surface area (Å²) in [7, 11) is 0. The highest BCUT2D eigenvalue weighted by Gasteiger charge is 2.60. The third-order valence-electron chi connectivity index (χ3n) is 11.9. The molecule has 0 aromatic heterocycles. The first-order valence-electron chi connectivity index (χ1n) is 13.6. The molecule has 0 aliphatic heterocycles. The fourth-order valence-electron chi connectivity index (χ4n) is 10.4. The van der Waals surface area contributed by atoms with E-state index >= 15 is 0 Å². The largest absolute Gasteiger partial charge is 0.393 e. The van der Waals surface area contributed by atoms with Crippen molar-refractivity contribution in [3.05, 3.63) is 22.8 Å². The molecule has 5 aliphatic carbocycles. The summed E-state index contributed by atoms with van der Waals surface area (Å²) in [6.07, 6.45) is 14.2. The normalized spacial score (nSPS) is 50.0. The van der Waals surface area contributed by atoms with Gasteiger partial charge in [0.05, 0.1) is 6.10 Å². The molecular weight excluding hydrogens is 376 g/mol. The second-order valence-electron chi connectivity index (χ2n) is 13.6. The van der Waals surface area contributed by atoms with Crippen LogP contribution in [0.1, 0.15) is 106 Å². The van der Waals surface area contributed by atoms with Crippen LogP contribution in [0.3, 0.4) is 0 Å². The van der Waals surface area contributed by atoms with Gasteiger partial charge < -0.3 is 5.11 Å². The van der Waals surface area contributed by atoms with Gasteiger partial charge in [0, 0.05) is 5.41 Å². The molecule has 174 valence electrons. The lowest BCUT2D eigenvalue weighted by atomic mass is 9.47. The van der Waals surface area contributed by atoms with Crippen molar-refractivity contribution in [2.45, 2.75) is 112 Å². The van der Waals surface area contributed by atoms with E-state index in [1.54, 1.807) is 16.7 Å². The fraction of sp³-hybridized carbons (Fsp3) is 0.867. The SMILES string of the molecule is CC1=C(C(C)C)C1(C)CC(C)C1CCC2C3CC=C4CC(O)CCC4(C)C3CCC12C. The maximum Gasteiger partial charge on any atom is 0.0577 e. The van der Waals surface area contributed by atoms with Gasteiger partial charge in [-0.05, 0) is 111 Å². The van der Waals surface area contributed by atoms with Crippen molar-refractivity contribution in [2.24, 2.45) is 51.8 Å². The maximum atomic E-state index is 10.3. The van der Waals surface area contributed by atoms with Gasteiger partial charge in [-0.25, -0.2) is 0 Å². The van der Waals surface area contributed by atoms with Crippen molar-refractivity contribution in [2.75, 3.05) is 0 Å². The number of hydrogen-bond acceptors (Lipinski definition) is 1. The molecule has 3 fully saturated rings. The van der Waals surface area contributed by atoms with Crippen LogP contribution in [0.25, 0.3) is 0 Å². The summed E-state index contributed by atoms with van der Waals surface area (Å²) >= 11 is 0. The highest BCUT2D eigenvalue weighted by Crippen LogP contribution is 2.68. The van der Waals surface area contributed by atoms with Crippen LogP contribution in [-0.4, -0.2) is 11.2 Å². The van der Waals surface area contributed by atoms with Gasteiger partial charge in [0.1, 0.15) is 0 Å². The van der Waals surface area contributed by atoms with E-state index in [1.165, 1.54) is 44.9 Å². The van der Waals surface area contributed by atoms with Crippen LogP contribution in [0.2, 0.25) is 0 Å². The summed E-state index contributed by atoms with van der Waals surface area (Å²) in [5.74, 6) is 5.14. The molecule has 0 heterocycles. The van der Waals surface area contributed by atoms with Gasteiger partial charge in [-0.2, -0.15) is 0 Å². The van der Waals surface area contributed by atoms with Crippen LogP contribution in [0, 0.1) is 51.8 Å². The van der Waals surface area contributed by atoms with E-state index in [0.29, 0.717) is 16.2 Å². The summed E-state index contributed by atoms with van der Waals surface area (Å²) in [6.45, 7) is 17.6. The van der Waals surface area contributed by atoms with Gasteiger partial charge in [0.25, 0.3) is 0 Å². The Morgan fingerprint density at radius 2 is 1.74 bits per heavy atom. The van der Waals surface area contributed by atoms with E-state index in [2.05, 4.69) is 54.5 Å². The zero-order chi connectivity index (χ0) is 22.3. The minimum atomic E-state index is -0.0852. The Bertz CT molecular complexity index is 803. The topological polar surface area (TPSA) is 20.2 Å². The molecule has 0 saturated heterocycles. The highest BCUT2D eigenvalue weighted by atomic mass is 16.3. The summed E-state index contributed by atoms with van der Waals surface area (Å²) < 4.78 is 0. The van der Waals surface area contributed by atoms with Crippen molar-refractivity contribution < 1.29 is 5.11 Å². The molecule has 9 unspecified atom stereocenters. The van der Waals surface area contributed by atoms with E-state index < -0.39 is 0 Å². The first kappa shape index (κ1) is 22.2. The highest BCUT2D eigenvalue weighted by molar-refractivity contribution is 5.47. The van der Waals surface area contributed by atoms with Crippen LogP contribution in [-0.2, 0) is 0 Å². The molecular formula is C30H48O. The standard InChI is InChI=1S/C30H48O/c1-18(2)27-20(4)30(27,7)17-19(3)24-10-11-25-23-9-8-21-16-22(31)12-14-28(21,5)26(23)13-15-29(24,25)6/h8,18-19,22-26,31H,9-17H2,1-7H3. The van der Waals surface area contributed by atoms with Gasteiger partial charge in [-0.1, -0.05) is 64.3 Å². The van der Waals surface area contributed by atoms with Crippen molar-refractivity contribution in [1.82, 2.24) is 0 Å².